The molecule has 160 valence electrons. The van der Waals surface area contributed by atoms with E-state index in [0.717, 1.165) is 52.2 Å². The standard InChI is InChI=1S/C25H24N6O/c1-32-17-10-16(13-26-14-17)21-12-19-23(15-27-21)29-30-25(19)22-11-18-20(28-22)6-5-7-24(18)31-8-3-2-4-9-31/h5-7,10-15,28H,2-4,8-9H2,1H3,(H,29,30). The summed E-state index contributed by atoms with van der Waals surface area (Å²) in [5.41, 5.74) is 6.95. The number of nitrogens with zero attached hydrogens (tertiary/aromatic N) is 4. The van der Waals surface area contributed by atoms with Crippen molar-refractivity contribution in [3.05, 3.63) is 55.0 Å². The van der Waals surface area contributed by atoms with Crippen LogP contribution >= 0.6 is 0 Å². The summed E-state index contributed by atoms with van der Waals surface area (Å²) in [5, 5.41) is 10.0. The van der Waals surface area contributed by atoms with E-state index >= 15 is 0 Å². The second kappa shape index (κ2) is 7.67. The lowest BCUT2D eigenvalue weighted by Crippen LogP contribution is -2.29. The molecule has 0 unspecified atom stereocenters. The van der Waals surface area contributed by atoms with Gasteiger partial charge in [-0.2, -0.15) is 5.10 Å². The van der Waals surface area contributed by atoms with Gasteiger partial charge in [-0.25, -0.2) is 0 Å². The number of methoxy groups -OCH3 is 1. The summed E-state index contributed by atoms with van der Waals surface area (Å²) in [6, 6.07) is 12.7. The van der Waals surface area contributed by atoms with Crippen molar-refractivity contribution < 1.29 is 4.74 Å². The van der Waals surface area contributed by atoms with E-state index in [0.29, 0.717) is 5.75 Å². The highest BCUT2D eigenvalue weighted by Crippen LogP contribution is 2.35. The fourth-order valence-corrected chi connectivity index (χ4v) is 4.63. The molecule has 4 aromatic heterocycles. The summed E-state index contributed by atoms with van der Waals surface area (Å²) in [6.45, 7) is 2.24. The normalized spacial score (nSPS) is 14.3. The number of H-pyrrole nitrogens is 2. The molecule has 0 radical (unpaired) electrons. The Bertz CT molecular complexity index is 1410. The minimum Gasteiger partial charge on any atom is -0.495 e. The largest absolute Gasteiger partial charge is 0.495 e. The molecule has 6 rings (SSSR count). The first-order valence-corrected chi connectivity index (χ1v) is 11.0. The molecule has 0 aliphatic carbocycles. The maximum atomic E-state index is 5.32. The van der Waals surface area contributed by atoms with Crippen LogP contribution in [0.25, 0.3) is 44.5 Å². The van der Waals surface area contributed by atoms with Crippen molar-refractivity contribution in [3.63, 3.8) is 0 Å². The first-order valence-electron chi connectivity index (χ1n) is 11.0. The van der Waals surface area contributed by atoms with Gasteiger partial charge in [0.2, 0.25) is 0 Å². The maximum absolute atomic E-state index is 5.32. The molecule has 2 N–H and O–H groups in total. The monoisotopic (exact) mass is 424 g/mol. The van der Waals surface area contributed by atoms with E-state index in [2.05, 4.69) is 60.4 Å². The topological polar surface area (TPSA) is 82.7 Å². The molecule has 5 heterocycles. The quantitative estimate of drug-likeness (QED) is 0.416. The molecule has 0 saturated carbocycles. The van der Waals surface area contributed by atoms with Gasteiger partial charge in [0.05, 0.1) is 36.4 Å². The molecule has 7 heteroatoms. The predicted molar refractivity (Wildman–Crippen MR) is 127 cm³/mol. The van der Waals surface area contributed by atoms with Crippen LogP contribution in [0.5, 0.6) is 5.75 Å². The number of rotatable bonds is 4. The number of pyridine rings is 2. The van der Waals surface area contributed by atoms with E-state index in [9.17, 15) is 0 Å². The summed E-state index contributed by atoms with van der Waals surface area (Å²) >= 11 is 0. The average molecular weight is 425 g/mol. The number of ether oxygens (including phenoxy) is 1. The number of hydrogen-bond donors (Lipinski definition) is 2. The van der Waals surface area contributed by atoms with E-state index in [1.165, 1.54) is 30.3 Å². The van der Waals surface area contributed by atoms with Gasteiger partial charge in [0.1, 0.15) is 11.4 Å². The summed E-state index contributed by atoms with van der Waals surface area (Å²) in [6.07, 6.45) is 9.14. The van der Waals surface area contributed by atoms with E-state index in [1.807, 2.05) is 12.3 Å². The zero-order chi connectivity index (χ0) is 21.5. The summed E-state index contributed by atoms with van der Waals surface area (Å²) in [7, 11) is 1.64. The van der Waals surface area contributed by atoms with Crippen molar-refractivity contribution in [1.82, 2.24) is 25.1 Å². The molecular weight excluding hydrogens is 400 g/mol. The number of fused-ring (bicyclic) bond motifs is 2. The van der Waals surface area contributed by atoms with Crippen molar-refractivity contribution in [1.29, 1.82) is 0 Å². The van der Waals surface area contributed by atoms with Gasteiger partial charge in [-0.05, 0) is 49.6 Å². The molecule has 1 aliphatic rings. The van der Waals surface area contributed by atoms with Gasteiger partial charge in [0, 0.05) is 46.8 Å². The van der Waals surface area contributed by atoms with Crippen LogP contribution in [0.15, 0.2) is 55.0 Å². The van der Waals surface area contributed by atoms with Crippen molar-refractivity contribution in [2.45, 2.75) is 19.3 Å². The lowest BCUT2D eigenvalue weighted by atomic mass is 10.1. The Morgan fingerprint density at radius 2 is 1.84 bits per heavy atom. The average Bonchev–Trinajstić information content (AvgIpc) is 3.48. The Hall–Kier alpha value is -3.87. The fourth-order valence-electron chi connectivity index (χ4n) is 4.63. The number of piperidine rings is 1. The molecule has 0 bridgehead atoms. The van der Waals surface area contributed by atoms with Crippen LogP contribution in [0.4, 0.5) is 5.69 Å². The molecule has 1 saturated heterocycles. The lowest BCUT2D eigenvalue weighted by molar-refractivity contribution is 0.413. The number of nitrogens with one attached hydrogen (secondary N) is 2. The van der Waals surface area contributed by atoms with Crippen LogP contribution in [0.3, 0.4) is 0 Å². The van der Waals surface area contributed by atoms with Gasteiger partial charge in [0.15, 0.2) is 0 Å². The molecule has 7 nitrogen and oxygen atoms in total. The number of aromatic nitrogens is 5. The zero-order valence-corrected chi connectivity index (χ0v) is 17.9. The number of aromatic amines is 2. The van der Waals surface area contributed by atoms with Gasteiger partial charge >= 0.3 is 0 Å². The third-order valence-corrected chi connectivity index (χ3v) is 6.28. The molecule has 1 aromatic carbocycles. The van der Waals surface area contributed by atoms with Crippen LogP contribution < -0.4 is 9.64 Å². The van der Waals surface area contributed by atoms with Crippen LogP contribution in [-0.4, -0.2) is 45.3 Å². The van der Waals surface area contributed by atoms with Gasteiger partial charge in [-0.3, -0.25) is 15.1 Å². The van der Waals surface area contributed by atoms with Gasteiger partial charge < -0.3 is 14.6 Å². The SMILES string of the molecule is COc1cncc(-c2cc3c(-c4cc5c(N6CCCCC6)cccc5[nH]4)n[nH]c3cn2)c1. The Kier molecular flexibility index (Phi) is 4.52. The molecule has 0 atom stereocenters. The highest BCUT2D eigenvalue weighted by atomic mass is 16.5. The maximum Gasteiger partial charge on any atom is 0.137 e. The molecule has 5 aromatic rings. The molecule has 1 aliphatic heterocycles. The number of hydrogen-bond acceptors (Lipinski definition) is 5. The molecule has 0 amide bonds. The van der Waals surface area contributed by atoms with E-state index in [-0.39, 0.29) is 0 Å². The van der Waals surface area contributed by atoms with Crippen molar-refractivity contribution in [3.8, 4) is 28.4 Å². The van der Waals surface area contributed by atoms with E-state index < -0.39 is 0 Å². The molecule has 0 spiro atoms. The van der Waals surface area contributed by atoms with Crippen molar-refractivity contribution in [2.75, 3.05) is 25.1 Å². The summed E-state index contributed by atoms with van der Waals surface area (Å²) in [4.78, 5) is 14.9. The Balaban J connectivity index is 1.45. The smallest absolute Gasteiger partial charge is 0.137 e. The van der Waals surface area contributed by atoms with Gasteiger partial charge in [0.25, 0.3) is 0 Å². The third-order valence-electron chi connectivity index (χ3n) is 6.28. The van der Waals surface area contributed by atoms with Crippen LogP contribution in [0.2, 0.25) is 0 Å². The Labute approximate surface area is 185 Å². The first-order chi connectivity index (χ1) is 15.8. The van der Waals surface area contributed by atoms with Crippen LogP contribution in [0.1, 0.15) is 19.3 Å². The van der Waals surface area contributed by atoms with Crippen LogP contribution in [-0.2, 0) is 0 Å². The number of benzene rings is 1. The molecular formula is C25H24N6O. The number of anilines is 1. The van der Waals surface area contributed by atoms with Crippen LogP contribution in [0, 0.1) is 0 Å². The van der Waals surface area contributed by atoms with E-state index in [1.54, 1.807) is 19.5 Å². The second-order valence-electron chi connectivity index (χ2n) is 8.27. The minimum atomic E-state index is 0.706. The fraction of sp³-hybridized carbons (Fsp3) is 0.240. The minimum absolute atomic E-state index is 0.706. The highest BCUT2D eigenvalue weighted by Gasteiger charge is 2.17. The van der Waals surface area contributed by atoms with Crippen molar-refractivity contribution in [2.24, 2.45) is 0 Å². The predicted octanol–water partition coefficient (Wildman–Crippen LogP) is 5.17. The second-order valence-corrected chi connectivity index (χ2v) is 8.27. The summed E-state index contributed by atoms with van der Waals surface area (Å²) in [5.74, 6) is 0.706. The lowest BCUT2D eigenvalue weighted by Gasteiger charge is -2.29. The van der Waals surface area contributed by atoms with E-state index in [4.69, 9.17) is 4.74 Å². The van der Waals surface area contributed by atoms with Gasteiger partial charge in [-0.15, -0.1) is 0 Å². The zero-order valence-electron chi connectivity index (χ0n) is 17.9. The molecule has 32 heavy (non-hydrogen) atoms. The summed E-state index contributed by atoms with van der Waals surface area (Å²) < 4.78 is 5.32. The van der Waals surface area contributed by atoms with Gasteiger partial charge in [-0.1, -0.05) is 6.07 Å². The first kappa shape index (κ1) is 18.9. The highest BCUT2D eigenvalue weighted by molar-refractivity contribution is 6.00. The third kappa shape index (κ3) is 3.17. The molecule has 1 fully saturated rings. The Morgan fingerprint density at radius 1 is 0.938 bits per heavy atom. The Morgan fingerprint density at radius 3 is 2.72 bits per heavy atom. The van der Waals surface area contributed by atoms with Crippen molar-refractivity contribution >= 4 is 27.5 Å².